The number of rotatable bonds is 3. The van der Waals surface area contributed by atoms with Gasteiger partial charge >= 0.3 is 0 Å². The third kappa shape index (κ3) is 7.46. The molecule has 0 aliphatic carbocycles. The smallest absolute Gasteiger partial charge is 0.0114 e. The standard InChI is InChI=1S/C11H19/c1-5-6-7-8-11(4)9-10(2)3/h10-11H,1,5,8-9H2,2-4H3. The fourth-order valence-electron chi connectivity index (χ4n) is 1.22. The molecule has 0 aromatic rings. The first-order valence-corrected chi connectivity index (χ1v) is 4.41. The van der Waals surface area contributed by atoms with Gasteiger partial charge in [-0.2, -0.15) is 0 Å². The van der Waals surface area contributed by atoms with Crippen LogP contribution in [0, 0.1) is 30.6 Å². The zero-order chi connectivity index (χ0) is 8.69. The summed E-state index contributed by atoms with van der Waals surface area (Å²) in [5.41, 5.74) is 0. The maximum Gasteiger partial charge on any atom is 0.0114 e. The molecule has 0 aliphatic rings. The van der Waals surface area contributed by atoms with Gasteiger partial charge in [-0.25, -0.2) is 0 Å². The Morgan fingerprint density at radius 3 is 2.27 bits per heavy atom. The summed E-state index contributed by atoms with van der Waals surface area (Å²) in [6, 6.07) is 0. The first-order chi connectivity index (χ1) is 5.16. The molecular formula is C11H19. The van der Waals surface area contributed by atoms with Crippen LogP contribution in [0.5, 0.6) is 0 Å². The number of hydrogen-bond donors (Lipinski definition) is 0. The molecule has 0 saturated heterocycles. The average Bonchev–Trinajstić information content (AvgIpc) is 1.86. The van der Waals surface area contributed by atoms with Crippen LogP contribution in [0.1, 0.15) is 40.0 Å². The van der Waals surface area contributed by atoms with Crippen molar-refractivity contribution in [2.45, 2.75) is 40.0 Å². The Kier molecular flexibility index (Phi) is 6.03. The second kappa shape index (κ2) is 6.28. The van der Waals surface area contributed by atoms with Crippen LogP contribution in [0.3, 0.4) is 0 Å². The Morgan fingerprint density at radius 2 is 1.82 bits per heavy atom. The Hall–Kier alpha value is -0.440. The normalized spacial score (nSPS) is 12.5. The summed E-state index contributed by atoms with van der Waals surface area (Å²) in [5, 5.41) is 0. The molecule has 1 unspecified atom stereocenters. The van der Waals surface area contributed by atoms with Gasteiger partial charge in [-0.05, 0) is 25.2 Å². The second-order valence-electron chi connectivity index (χ2n) is 3.54. The third-order valence-electron chi connectivity index (χ3n) is 1.57. The molecule has 0 heterocycles. The van der Waals surface area contributed by atoms with E-state index in [1.54, 1.807) is 0 Å². The van der Waals surface area contributed by atoms with Crippen LogP contribution in [0.15, 0.2) is 0 Å². The fraction of sp³-hybridized carbons (Fsp3) is 0.727. The van der Waals surface area contributed by atoms with E-state index in [-0.39, 0.29) is 0 Å². The summed E-state index contributed by atoms with van der Waals surface area (Å²) in [6.45, 7) is 10.4. The van der Waals surface area contributed by atoms with E-state index >= 15 is 0 Å². The van der Waals surface area contributed by atoms with Gasteiger partial charge in [-0.3, -0.25) is 0 Å². The lowest BCUT2D eigenvalue weighted by molar-refractivity contribution is 0.447. The Labute approximate surface area is 71.4 Å². The van der Waals surface area contributed by atoms with Gasteiger partial charge in [0.25, 0.3) is 0 Å². The maximum absolute atomic E-state index is 3.67. The molecule has 0 bridgehead atoms. The van der Waals surface area contributed by atoms with Crippen molar-refractivity contribution in [2.75, 3.05) is 0 Å². The van der Waals surface area contributed by atoms with Crippen LogP contribution < -0.4 is 0 Å². The Balaban J connectivity index is 3.44. The van der Waals surface area contributed by atoms with Crippen molar-refractivity contribution in [3.63, 3.8) is 0 Å². The molecule has 0 N–H and O–H groups in total. The highest BCUT2D eigenvalue weighted by Gasteiger charge is 2.01. The highest BCUT2D eigenvalue weighted by atomic mass is 14.1. The van der Waals surface area contributed by atoms with Crippen molar-refractivity contribution in [3.8, 4) is 11.8 Å². The second-order valence-corrected chi connectivity index (χ2v) is 3.54. The van der Waals surface area contributed by atoms with E-state index in [0.29, 0.717) is 0 Å². The zero-order valence-corrected chi connectivity index (χ0v) is 7.98. The molecule has 1 radical (unpaired) electrons. The van der Waals surface area contributed by atoms with Crippen LogP contribution >= 0.6 is 0 Å². The molecule has 0 amide bonds. The van der Waals surface area contributed by atoms with Gasteiger partial charge in [0, 0.05) is 12.8 Å². The van der Waals surface area contributed by atoms with Crippen molar-refractivity contribution in [3.05, 3.63) is 6.92 Å². The lowest BCUT2D eigenvalue weighted by Crippen LogP contribution is -1.98. The molecule has 0 aromatic carbocycles. The van der Waals surface area contributed by atoms with Crippen molar-refractivity contribution in [1.29, 1.82) is 0 Å². The number of hydrogen-bond acceptors (Lipinski definition) is 0. The quantitative estimate of drug-likeness (QED) is 0.543. The highest BCUT2D eigenvalue weighted by molar-refractivity contribution is 5.00. The lowest BCUT2D eigenvalue weighted by Gasteiger charge is -2.09. The van der Waals surface area contributed by atoms with E-state index in [2.05, 4.69) is 39.5 Å². The van der Waals surface area contributed by atoms with Crippen molar-refractivity contribution < 1.29 is 0 Å². The predicted molar refractivity (Wildman–Crippen MR) is 51.0 cm³/mol. The molecular weight excluding hydrogens is 132 g/mol. The summed E-state index contributed by atoms with van der Waals surface area (Å²) >= 11 is 0. The van der Waals surface area contributed by atoms with Gasteiger partial charge < -0.3 is 0 Å². The van der Waals surface area contributed by atoms with Gasteiger partial charge in [0.05, 0.1) is 0 Å². The van der Waals surface area contributed by atoms with Gasteiger partial charge in [-0.15, -0.1) is 11.8 Å². The van der Waals surface area contributed by atoms with Crippen molar-refractivity contribution in [2.24, 2.45) is 11.8 Å². The summed E-state index contributed by atoms with van der Waals surface area (Å²) in [7, 11) is 0. The summed E-state index contributed by atoms with van der Waals surface area (Å²) in [5.74, 6) is 7.66. The summed E-state index contributed by atoms with van der Waals surface area (Å²) in [6.07, 6.45) is 3.06. The average molecular weight is 151 g/mol. The van der Waals surface area contributed by atoms with Crippen molar-refractivity contribution in [1.82, 2.24) is 0 Å². The first-order valence-electron chi connectivity index (χ1n) is 4.41. The van der Waals surface area contributed by atoms with Crippen LogP contribution in [-0.4, -0.2) is 0 Å². The molecule has 0 fully saturated rings. The molecule has 0 aromatic heterocycles. The Morgan fingerprint density at radius 1 is 1.18 bits per heavy atom. The molecule has 63 valence electrons. The van der Waals surface area contributed by atoms with Crippen LogP contribution in [0.2, 0.25) is 0 Å². The van der Waals surface area contributed by atoms with Gasteiger partial charge in [-0.1, -0.05) is 20.8 Å². The highest BCUT2D eigenvalue weighted by Crippen LogP contribution is 2.13. The molecule has 0 nitrogen and oxygen atoms in total. The molecule has 0 heteroatoms. The van der Waals surface area contributed by atoms with E-state index < -0.39 is 0 Å². The fourth-order valence-corrected chi connectivity index (χ4v) is 1.22. The van der Waals surface area contributed by atoms with Gasteiger partial charge in [0.15, 0.2) is 0 Å². The molecule has 0 rings (SSSR count). The minimum absolute atomic E-state index is 0.744. The molecule has 0 spiro atoms. The molecule has 1 atom stereocenters. The van der Waals surface area contributed by atoms with E-state index in [1.807, 2.05) is 0 Å². The van der Waals surface area contributed by atoms with E-state index in [0.717, 1.165) is 24.7 Å². The zero-order valence-electron chi connectivity index (χ0n) is 7.98. The first kappa shape index (κ1) is 10.6. The largest absolute Gasteiger partial charge is 0.103 e. The minimum Gasteiger partial charge on any atom is -0.103 e. The molecule has 11 heavy (non-hydrogen) atoms. The van der Waals surface area contributed by atoms with E-state index in [9.17, 15) is 0 Å². The molecule has 0 saturated carbocycles. The van der Waals surface area contributed by atoms with Gasteiger partial charge in [0.1, 0.15) is 0 Å². The summed E-state index contributed by atoms with van der Waals surface area (Å²) < 4.78 is 0. The van der Waals surface area contributed by atoms with Crippen LogP contribution in [-0.2, 0) is 0 Å². The predicted octanol–water partition coefficient (Wildman–Crippen LogP) is 3.29. The maximum atomic E-state index is 3.67. The minimum atomic E-state index is 0.744. The molecule has 0 aliphatic heterocycles. The third-order valence-corrected chi connectivity index (χ3v) is 1.57. The lowest BCUT2D eigenvalue weighted by atomic mass is 9.96. The van der Waals surface area contributed by atoms with Crippen LogP contribution in [0.4, 0.5) is 0 Å². The van der Waals surface area contributed by atoms with E-state index in [4.69, 9.17) is 0 Å². The van der Waals surface area contributed by atoms with E-state index in [1.165, 1.54) is 6.42 Å². The van der Waals surface area contributed by atoms with Gasteiger partial charge in [0.2, 0.25) is 0 Å². The monoisotopic (exact) mass is 151 g/mol. The van der Waals surface area contributed by atoms with Crippen molar-refractivity contribution >= 4 is 0 Å². The Bertz CT molecular complexity index is 134. The topological polar surface area (TPSA) is 0 Å². The van der Waals surface area contributed by atoms with Crippen LogP contribution in [0.25, 0.3) is 0 Å². The SMILES string of the molecule is [CH2]CC#CCC(C)CC(C)C. The summed E-state index contributed by atoms with van der Waals surface area (Å²) in [4.78, 5) is 0.